The lowest BCUT2D eigenvalue weighted by molar-refractivity contribution is 0.312. The first kappa shape index (κ1) is 25.8. The summed E-state index contributed by atoms with van der Waals surface area (Å²) in [6, 6.07) is 7.88. The minimum absolute atomic E-state index is 0.246. The number of hydrogen-bond acceptors (Lipinski definition) is 8. The van der Waals surface area contributed by atoms with Crippen LogP contribution in [0.15, 0.2) is 52.3 Å². The van der Waals surface area contributed by atoms with Crippen LogP contribution in [-0.2, 0) is 29.2 Å². The number of allylic oxidation sites excluding steroid dienone is 1. The van der Waals surface area contributed by atoms with Crippen molar-refractivity contribution in [3.05, 3.63) is 75.7 Å². The van der Waals surface area contributed by atoms with E-state index in [0.29, 0.717) is 28.6 Å². The molecule has 0 saturated carbocycles. The minimum Gasteiger partial charge on any atom is -0.324 e. The van der Waals surface area contributed by atoms with Gasteiger partial charge in [0.1, 0.15) is 5.39 Å². The average molecular weight is 533 g/mol. The van der Waals surface area contributed by atoms with Gasteiger partial charge >= 0.3 is 0 Å². The van der Waals surface area contributed by atoms with Crippen molar-refractivity contribution in [1.82, 2.24) is 29.2 Å². The summed E-state index contributed by atoms with van der Waals surface area (Å²) in [6.07, 6.45) is 7.33. The third-order valence-electron chi connectivity index (χ3n) is 6.56. The van der Waals surface area contributed by atoms with Crippen LogP contribution in [0.4, 0.5) is 17.5 Å². The predicted octanol–water partition coefficient (Wildman–Crippen LogP) is 3.87. The summed E-state index contributed by atoms with van der Waals surface area (Å²) in [5.41, 5.74) is 5.75. The molecular weight excluding hydrogens is 500 g/mol. The first-order chi connectivity index (χ1) is 18.0. The third kappa shape index (κ3) is 4.99. The standard InChI is InChI=1S/C27H32N8O2S/c1-7-11-34-26(36)22-15-28-27(29-20-13-18(3)21-10-12-33(4)16-19(21)14-20)31-25(22)35(34)23-9-8-17(2)24(30-23)32-38(5,6)37/h7-9,13-15H,1,10-12,16H2,2-6H3,(H,28,29,31). The highest BCUT2D eigenvalue weighted by molar-refractivity contribution is 7.92. The lowest BCUT2D eigenvalue weighted by Gasteiger charge is -2.27. The Bertz CT molecular complexity index is 1750. The van der Waals surface area contributed by atoms with E-state index < -0.39 is 9.73 Å². The summed E-state index contributed by atoms with van der Waals surface area (Å²) in [7, 11) is -0.307. The summed E-state index contributed by atoms with van der Waals surface area (Å²) in [5.74, 6) is 1.16. The van der Waals surface area contributed by atoms with E-state index in [1.807, 2.05) is 13.0 Å². The van der Waals surface area contributed by atoms with Crippen molar-refractivity contribution in [3.8, 4) is 5.82 Å². The highest BCUT2D eigenvalue weighted by atomic mass is 32.2. The molecule has 10 nitrogen and oxygen atoms in total. The van der Waals surface area contributed by atoms with Gasteiger partial charge in [0.05, 0.1) is 6.54 Å². The maximum atomic E-state index is 13.3. The summed E-state index contributed by atoms with van der Waals surface area (Å²) in [5, 5.41) is 3.69. The van der Waals surface area contributed by atoms with E-state index in [4.69, 9.17) is 4.98 Å². The Morgan fingerprint density at radius 2 is 1.97 bits per heavy atom. The molecule has 5 rings (SSSR count). The van der Waals surface area contributed by atoms with Crippen LogP contribution in [0.5, 0.6) is 0 Å². The molecule has 1 aromatic carbocycles. The normalized spacial score (nSPS) is 13.9. The van der Waals surface area contributed by atoms with Crippen LogP contribution in [-0.4, -0.2) is 59.5 Å². The quantitative estimate of drug-likeness (QED) is 0.375. The van der Waals surface area contributed by atoms with Crippen LogP contribution in [0, 0.1) is 13.8 Å². The number of likely N-dealkylation sites (N-methyl/N-ethyl adjacent to an activating group) is 1. The summed E-state index contributed by atoms with van der Waals surface area (Å²) in [4.78, 5) is 29.4. The van der Waals surface area contributed by atoms with Crippen LogP contribution >= 0.6 is 0 Å². The fraction of sp³-hybridized carbons (Fsp3) is 0.333. The van der Waals surface area contributed by atoms with Gasteiger partial charge in [0.15, 0.2) is 17.3 Å². The van der Waals surface area contributed by atoms with Gasteiger partial charge in [-0.2, -0.15) is 9.35 Å². The molecule has 1 aliphatic rings. The van der Waals surface area contributed by atoms with Gasteiger partial charge in [0, 0.05) is 47.2 Å². The number of nitrogens with zero attached hydrogens (tertiary/aromatic N) is 7. The zero-order valence-corrected chi connectivity index (χ0v) is 23.2. The molecule has 11 heteroatoms. The second-order valence-corrected chi connectivity index (χ2v) is 12.6. The van der Waals surface area contributed by atoms with E-state index in [2.05, 4.69) is 57.2 Å². The summed E-state index contributed by atoms with van der Waals surface area (Å²) in [6.45, 7) is 9.98. The Morgan fingerprint density at radius 3 is 2.71 bits per heavy atom. The fourth-order valence-corrected chi connectivity index (χ4v) is 5.40. The van der Waals surface area contributed by atoms with E-state index in [0.717, 1.165) is 30.8 Å². The molecule has 38 heavy (non-hydrogen) atoms. The molecule has 0 fully saturated rings. The van der Waals surface area contributed by atoms with Crippen LogP contribution in [0.2, 0.25) is 0 Å². The lowest BCUT2D eigenvalue weighted by atomic mass is 9.94. The average Bonchev–Trinajstić information content (AvgIpc) is 3.10. The monoisotopic (exact) mass is 532 g/mol. The van der Waals surface area contributed by atoms with E-state index in [9.17, 15) is 9.00 Å². The van der Waals surface area contributed by atoms with Crippen molar-refractivity contribution >= 4 is 38.2 Å². The molecule has 4 heterocycles. The number of pyridine rings is 1. The van der Waals surface area contributed by atoms with Crippen molar-refractivity contribution < 1.29 is 4.21 Å². The third-order valence-corrected chi connectivity index (χ3v) is 7.17. The molecule has 0 unspecified atom stereocenters. The van der Waals surface area contributed by atoms with E-state index in [1.54, 1.807) is 29.3 Å². The number of anilines is 2. The number of benzene rings is 1. The van der Waals surface area contributed by atoms with Crippen LogP contribution < -0.4 is 10.9 Å². The summed E-state index contributed by atoms with van der Waals surface area (Å²) < 4.78 is 19.8. The highest BCUT2D eigenvalue weighted by Gasteiger charge is 2.20. The number of rotatable bonds is 6. The maximum Gasteiger partial charge on any atom is 0.278 e. The smallest absolute Gasteiger partial charge is 0.278 e. The molecule has 4 aromatic rings. The Morgan fingerprint density at radius 1 is 1.18 bits per heavy atom. The van der Waals surface area contributed by atoms with Gasteiger partial charge in [0.25, 0.3) is 5.56 Å². The second kappa shape index (κ2) is 9.80. The lowest BCUT2D eigenvalue weighted by Crippen LogP contribution is -2.27. The Labute approximate surface area is 222 Å². The molecule has 0 aliphatic carbocycles. The molecule has 0 spiro atoms. The molecule has 0 saturated heterocycles. The SMILES string of the molecule is C=CCn1c(=O)c2cnc(Nc3cc(C)c4c(c3)CN(C)CC4)nc2n1-c1ccc(C)c(N=S(C)(C)=O)n1. The van der Waals surface area contributed by atoms with E-state index >= 15 is 0 Å². The fourth-order valence-electron chi connectivity index (χ4n) is 4.80. The number of aromatic nitrogens is 5. The largest absolute Gasteiger partial charge is 0.324 e. The molecule has 1 aliphatic heterocycles. The number of fused-ring (bicyclic) bond motifs is 2. The van der Waals surface area contributed by atoms with Gasteiger partial charge in [-0.1, -0.05) is 12.1 Å². The van der Waals surface area contributed by atoms with Gasteiger partial charge in [-0.05, 0) is 67.8 Å². The van der Waals surface area contributed by atoms with Gasteiger partial charge in [-0.15, -0.1) is 6.58 Å². The summed E-state index contributed by atoms with van der Waals surface area (Å²) >= 11 is 0. The van der Waals surface area contributed by atoms with Gasteiger partial charge in [0.2, 0.25) is 5.95 Å². The molecule has 0 radical (unpaired) electrons. The number of nitrogens with one attached hydrogen (secondary N) is 1. The first-order valence-electron chi connectivity index (χ1n) is 12.4. The first-order valence-corrected chi connectivity index (χ1v) is 14.7. The molecule has 0 atom stereocenters. The van der Waals surface area contributed by atoms with Crippen LogP contribution in [0.25, 0.3) is 16.9 Å². The predicted molar refractivity (Wildman–Crippen MR) is 152 cm³/mol. The van der Waals surface area contributed by atoms with Crippen LogP contribution in [0.3, 0.4) is 0 Å². The van der Waals surface area contributed by atoms with Crippen LogP contribution in [0.1, 0.15) is 22.3 Å². The van der Waals surface area contributed by atoms with Crippen molar-refractivity contribution in [2.24, 2.45) is 4.36 Å². The van der Waals surface area contributed by atoms with E-state index in [-0.39, 0.29) is 12.1 Å². The maximum absolute atomic E-state index is 13.3. The zero-order valence-electron chi connectivity index (χ0n) is 22.4. The second-order valence-electron chi connectivity index (χ2n) is 10.0. The molecule has 198 valence electrons. The minimum atomic E-state index is -2.43. The molecule has 1 N–H and O–H groups in total. The van der Waals surface area contributed by atoms with Crippen molar-refractivity contribution in [1.29, 1.82) is 0 Å². The van der Waals surface area contributed by atoms with Crippen molar-refractivity contribution in [3.63, 3.8) is 0 Å². The molecule has 3 aromatic heterocycles. The Hall–Kier alpha value is -3.83. The molecule has 0 amide bonds. The van der Waals surface area contributed by atoms with Gasteiger partial charge in [-0.3, -0.25) is 4.79 Å². The topological polar surface area (TPSA) is 110 Å². The highest BCUT2D eigenvalue weighted by Crippen LogP contribution is 2.28. The zero-order chi connectivity index (χ0) is 27.2. The number of hydrogen-bond donors (Lipinski definition) is 1. The number of aryl methyl sites for hydroxylation is 2. The van der Waals surface area contributed by atoms with E-state index in [1.165, 1.54) is 27.6 Å². The Kier molecular flexibility index (Phi) is 6.66. The molecular formula is C27H32N8O2S. The Balaban J connectivity index is 1.64. The van der Waals surface area contributed by atoms with Gasteiger partial charge in [-0.25, -0.2) is 23.5 Å². The molecule has 0 bridgehead atoms. The van der Waals surface area contributed by atoms with Gasteiger partial charge < -0.3 is 10.2 Å². The van der Waals surface area contributed by atoms with Crippen molar-refractivity contribution in [2.75, 3.05) is 31.4 Å². The van der Waals surface area contributed by atoms with Crippen molar-refractivity contribution in [2.45, 2.75) is 33.4 Å².